The van der Waals surface area contributed by atoms with Crippen molar-refractivity contribution < 1.29 is 9.66 Å². The van der Waals surface area contributed by atoms with Crippen LogP contribution in [0, 0.1) is 16.0 Å². The van der Waals surface area contributed by atoms with E-state index in [-0.39, 0.29) is 5.69 Å². The maximum absolute atomic E-state index is 10.9. The Morgan fingerprint density at radius 2 is 2.26 bits per heavy atom. The molecule has 1 rings (SSSR count). The molecule has 0 fully saturated rings. The quantitative estimate of drug-likeness (QED) is 0.451. The largest absolute Gasteiger partial charge is 0.486 e. The molecule has 0 aromatic heterocycles. The van der Waals surface area contributed by atoms with Crippen LogP contribution in [0.15, 0.2) is 22.7 Å². The summed E-state index contributed by atoms with van der Waals surface area (Å²) < 4.78 is 6.21. The molecule has 0 heterocycles. The average molecular weight is 331 g/mol. The summed E-state index contributed by atoms with van der Waals surface area (Å²) in [6, 6.07) is 4.81. The zero-order valence-corrected chi connectivity index (χ0v) is 12.8. The third-order valence-corrected chi connectivity index (χ3v) is 3.05. The van der Waals surface area contributed by atoms with Gasteiger partial charge in [-0.2, -0.15) is 0 Å². The lowest BCUT2D eigenvalue weighted by molar-refractivity contribution is -0.386. The van der Waals surface area contributed by atoms with Crippen LogP contribution in [0.5, 0.6) is 5.75 Å². The first-order valence-electron chi connectivity index (χ1n) is 6.32. The lowest BCUT2D eigenvalue weighted by atomic mass is 10.2. The van der Waals surface area contributed by atoms with Crippen LogP contribution < -0.4 is 10.1 Å². The molecule has 0 aliphatic heterocycles. The molecule has 19 heavy (non-hydrogen) atoms. The number of halogens is 1. The number of nitrogens with zero attached hydrogens (tertiary/aromatic N) is 1. The fraction of sp³-hybridized carbons (Fsp3) is 0.538. The molecule has 106 valence electrons. The molecule has 1 unspecified atom stereocenters. The van der Waals surface area contributed by atoms with Crippen molar-refractivity contribution in [2.45, 2.75) is 20.3 Å². The van der Waals surface area contributed by atoms with E-state index >= 15 is 0 Å². The minimum atomic E-state index is -0.430. The van der Waals surface area contributed by atoms with Crippen molar-refractivity contribution >= 4 is 21.6 Å². The molecule has 0 aliphatic rings. The lowest BCUT2D eigenvalue weighted by Gasteiger charge is -2.13. The van der Waals surface area contributed by atoms with Crippen molar-refractivity contribution in [1.29, 1.82) is 0 Å². The highest BCUT2D eigenvalue weighted by atomic mass is 79.9. The van der Waals surface area contributed by atoms with Crippen LogP contribution in [-0.2, 0) is 0 Å². The maximum atomic E-state index is 10.9. The molecule has 0 saturated carbocycles. The number of hydrogen-bond acceptors (Lipinski definition) is 4. The van der Waals surface area contributed by atoms with Crippen molar-refractivity contribution in [2.75, 3.05) is 19.7 Å². The first-order valence-corrected chi connectivity index (χ1v) is 7.11. The lowest BCUT2D eigenvalue weighted by Crippen LogP contribution is -2.25. The molecule has 1 aromatic rings. The van der Waals surface area contributed by atoms with Gasteiger partial charge in [0.25, 0.3) is 0 Å². The molecule has 0 saturated heterocycles. The van der Waals surface area contributed by atoms with Gasteiger partial charge in [0.15, 0.2) is 5.75 Å². The molecule has 0 bridgehead atoms. The predicted octanol–water partition coefficient (Wildman–Crippen LogP) is 3.37. The second-order valence-electron chi connectivity index (χ2n) is 4.49. The molecule has 6 heteroatoms. The van der Waals surface area contributed by atoms with E-state index in [0.717, 1.165) is 19.5 Å². The van der Waals surface area contributed by atoms with Gasteiger partial charge < -0.3 is 10.1 Å². The molecule has 0 spiro atoms. The summed E-state index contributed by atoms with van der Waals surface area (Å²) in [5.41, 5.74) is -0.0110. The van der Waals surface area contributed by atoms with Crippen LogP contribution in [0.2, 0.25) is 0 Å². The number of ether oxygens (including phenoxy) is 1. The normalized spacial score (nSPS) is 12.2. The second-order valence-corrected chi connectivity index (χ2v) is 5.41. The fourth-order valence-corrected chi connectivity index (χ4v) is 1.92. The number of nitro benzene ring substituents is 1. The monoisotopic (exact) mass is 330 g/mol. The van der Waals surface area contributed by atoms with E-state index in [0.29, 0.717) is 22.7 Å². The van der Waals surface area contributed by atoms with Crippen LogP contribution in [0.4, 0.5) is 5.69 Å². The number of hydrogen-bond donors (Lipinski definition) is 1. The van der Waals surface area contributed by atoms with Crippen molar-refractivity contribution in [2.24, 2.45) is 5.92 Å². The Morgan fingerprint density at radius 1 is 1.53 bits per heavy atom. The zero-order chi connectivity index (χ0) is 14.3. The minimum Gasteiger partial charge on any atom is -0.486 e. The minimum absolute atomic E-state index is 0.0110. The SMILES string of the molecule is CCCNCC(C)COc1ccc(Br)cc1[N+](=O)[O-]. The fourth-order valence-electron chi connectivity index (χ4n) is 1.57. The highest BCUT2D eigenvalue weighted by molar-refractivity contribution is 9.10. The van der Waals surface area contributed by atoms with Gasteiger partial charge in [-0.05, 0) is 25.1 Å². The molecular formula is C13H19BrN2O3. The molecule has 0 amide bonds. The van der Waals surface area contributed by atoms with E-state index in [1.807, 2.05) is 6.92 Å². The second kappa shape index (κ2) is 8.12. The van der Waals surface area contributed by atoms with Gasteiger partial charge in [-0.25, -0.2) is 0 Å². The third kappa shape index (κ3) is 5.57. The van der Waals surface area contributed by atoms with Gasteiger partial charge in [0.1, 0.15) is 0 Å². The first kappa shape index (κ1) is 15.9. The highest BCUT2D eigenvalue weighted by Crippen LogP contribution is 2.30. The summed E-state index contributed by atoms with van der Waals surface area (Å²) in [6.45, 7) is 6.44. The van der Waals surface area contributed by atoms with Crippen molar-refractivity contribution in [3.05, 3.63) is 32.8 Å². The van der Waals surface area contributed by atoms with Gasteiger partial charge in [-0.1, -0.05) is 29.8 Å². The number of nitrogens with one attached hydrogen (secondary N) is 1. The summed E-state index contributed by atoms with van der Waals surface area (Å²) >= 11 is 3.22. The van der Waals surface area contributed by atoms with Crippen LogP contribution >= 0.6 is 15.9 Å². The van der Waals surface area contributed by atoms with E-state index in [1.165, 1.54) is 6.07 Å². The highest BCUT2D eigenvalue weighted by Gasteiger charge is 2.16. The van der Waals surface area contributed by atoms with Gasteiger partial charge >= 0.3 is 5.69 Å². The number of nitro groups is 1. The molecular weight excluding hydrogens is 312 g/mol. The van der Waals surface area contributed by atoms with E-state index in [4.69, 9.17) is 4.74 Å². The van der Waals surface area contributed by atoms with E-state index < -0.39 is 4.92 Å². The third-order valence-electron chi connectivity index (χ3n) is 2.56. The Hall–Kier alpha value is -1.14. The summed E-state index contributed by atoms with van der Waals surface area (Å²) in [4.78, 5) is 10.5. The first-order chi connectivity index (χ1) is 9.04. The van der Waals surface area contributed by atoms with E-state index in [1.54, 1.807) is 12.1 Å². The Balaban J connectivity index is 2.55. The van der Waals surface area contributed by atoms with Gasteiger partial charge in [-0.15, -0.1) is 0 Å². The number of rotatable bonds is 8. The van der Waals surface area contributed by atoms with Gasteiger partial charge in [0.05, 0.1) is 11.5 Å². The standard InChI is InChI=1S/C13H19BrN2O3/c1-3-6-15-8-10(2)9-19-13-5-4-11(14)7-12(13)16(17)18/h4-5,7,10,15H,3,6,8-9H2,1-2H3. The van der Waals surface area contributed by atoms with E-state index in [9.17, 15) is 10.1 Å². The Kier molecular flexibility index (Phi) is 6.80. The molecule has 1 atom stereocenters. The molecule has 0 radical (unpaired) electrons. The van der Waals surface area contributed by atoms with Gasteiger partial charge in [-0.3, -0.25) is 10.1 Å². The Labute approximate surface area is 121 Å². The molecule has 5 nitrogen and oxygen atoms in total. The summed E-state index contributed by atoms with van der Waals surface area (Å²) in [5.74, 6) is 0.616. The summed E-state index contributed by atoms with van der Waals surface area (Å²) in [7, 11) is 0. The van der Waals surface area contributed by atoms with E-state index in [2.05, 4.69) is 28.2 Å². The Bertz CT molecular complexity index is 426. The van der Waals surface area contributed by atoms with Crippen LogP contribution in [0.1, 0.15) is 20.3 Å². The summed E-state index contributed by atoms with van der Waals surface area (Å²) in [6.07, 6.45) is 1.09. The molecule has 0 aliphatic carbocycles. The van der Waals surface area contributed by atoms with Crippen LogP contribution in [-0.4, -0.2) is 24.6 Å². The van der Waals surface area contributed by atoms with Crippen LogP contribution in [0.3, 0.4) is 0 Å². The van der Waals surface area contributed by atoms with Crippen molar-refractivity contribution in [3.63, 3.8) is 0 Å². The molecule has 1 aromatic carbocycles. The predicted molar refractivity (Wildman–Crippen MR) is 78.6 cm³/mol. The summed E-state index contributed by atoms with van der Waals surface area (Å²) in [5, 5.41) is 14.2. The smallest absolute Gasteiger partial charge is 0.312 e. The zero-order valence-electron chi connectivity index (χ0n) is 11.2. The Morgan fingerprint density at radius 3 is 2.89 bits per heavy atom. The van der Waals surface area contributed by atoms with Gasteiger partial charge in [0, 0.05) is 23.0 Å². The van der Waals surface area contributed by atoms with Crippen molar-refractivity contribution in [1.82, 2.24) is 5.32 Å². The van der Waals surface area contributed by atoms with Crippen molar-refractivity contribution in [3.8, 4) is 5.75 Å². The van der Waals surface area contributed by atoms with Gasteiger partial charge in [0.2, 0.25) is 0 Å². The molecule has 1 N–H and O–H groups in total. The topological polar surface area (TPSA) is 64.4 Å². The number of benzene rings is 1. The average Bonchev–Trinajstić information content (AvgIpc) is 2.37. The maximum Gasteiger partial charge on any atom is 0.312 e. The van der Waals surface area contributed by atoms with Crippen LogP contribution in [0.25, 0.3) is 0 Å².